The number of rotatable bonds is 17. The van der Waals surface area contributed by atoms with E-state index < -0.39 is 23.8 Å². The fourth-order valence-corrected chi connectivity index (χ4v) is 9.79. The zero-order chi connectivity index (χ0) is 47.5. The second kappa shape index (κ2) is 20.0. The van der Waals surface area contributed by atoms with Crippen molar-refractivity contribution >= 4 is 62.9 Å². The van der Waals surface area contributed by atoms with Gasteiger partial charge in [0.15, 0.2) is 6.61 Å². The van der Waals surface area contributed by atoms with Crippen LogP contribution in [-0.2, 0) is 40.9 Å². The van der Waals surface area contributed by atoms with Crippen LogP contribution in [0.25, 0.3) is 32.8 Å². The summed E-state index contributed by atoms with van der Waals surface area (Å²) >= 11 is 7.08. The number of ether oxygens (including phenoxy) is 2. The summed E-state index contributed by atoms with van der Waals surface area (Å²) in [5, 5.41) is 24.5. The van der Waals surface area contributed by atoms with Crippen molar-refractivity contribution in [2.75, 3.05) is 32.8 Å². The molecule has 350 valence electrons. The lowest BCUT2D eigenvalue weighted by Gasteiger charge is -2.32. The molecule has 8 rings (SSSR count). The van der Waals surface area contributed by atoms with Crippen LogP contribution in [0.15, 0.2) is 72.8 Å². The van der Waals surface area contributed by atoms with Crippen LogP contribution in [0.5, 0.6) is 11.5 Å². The third kappa shape index (κ3) is 9.61. The Kier molecular flexibility index (Phi) is 14.0. The maximum Gasteiger partial charge on any atom is 0.352 e. The van der Waals surface area contributed by atoms with Crippen LogP contribution >= 0.6 is 11.6 Å². The number of carboxylic acids is 1. The van der Waals surface area contributed by atoms with Gasteiger partial charge in [-0.25, -0.2) is 4.79 Å². The van der Waals surface area contributed by atoms with Crippen LogP contribution in [0, 0.1) is 13.8 Å². The third-order valence-electron chi connectivity index (χ3n) is 13.2. The average Bonchev–Trinajstić information content (AvgIpc) is 3.92. The highest BCUT2D eigenvalue weighted by molar-refractivity contribution is 6.35. The first-order valence-electron chi connectivity index (χ1n) is 22.8. The number of aryl methyl sites for hydroxylation is 3. The Morgan fingerprint density at radius 3 is 2.36 bits per heavy atom. The van der Waals surface area contributed by atoms with Gasteiger partial charge in [0.05, 0.1) is 29.4 Å². The number of amides is 4. The van der Waals surface area contributed by atoms with E-state index >= 15 is 0 Å². The molecule has 4 aromatic carbocycles. The van der Waals surface area contributed by atoms with Gasteiger partial charge in [-0.05, 0) is 81.7 Å². The largest absolute Gasteiger partial charge is 0.493 e. The highest BCUT2D eigenvalue weighted by Crippen LogP contribution is 2.42. The summed E-state index contributed by atoms with van der Waals surface area (Å²) in [6, 6.07) is 21.9. The number of imide groups is 1. The molecular formula is C51H56ClN7O8. The predicted octanol–water partition coefficient (Wildman–Crippen LogP) is 7.23. The van der Waals surface area contributed by atoms with Crippen LogP contribution < -0.4 is 20.1 Å². The number of nitrogens with one attached hydrogen (secondary N) is 2. The number of fused-ring (bicyclic) bond motifs is 3. The van der Waals surface area contributed by atoms with Crippen molar-refractivity contribution in [2.24, 2.45) is 7.05 Å². The molecule has 0 saturated carbocycles. The second-order valence-corrected chi connectivity index (χ2v) is 17.7. The van der Waals surface area contributed by atoms with Crippen molar-refractivity contribution in [2.45, 2.75) is 85.0 Å². The number of piperidine rings is 1. The lowest BCUT2D eigenvalue weighted by molar-refractivity contribution is -0.132. The smallest absolute Gasteiger partial charge is 0.352 e. The van der Waals surface area contributed by atoms with Crippen LogP contribution in [0.3, 0.4) is 0 Å². The standard InChI is InChI=1S/C51H56ClN7O8/c1-6-43(60)54-49(62)32(4)59-28-39-38(50(59)63)15-10-18-42(39)67-29-44(61)53-34-21-23-57(24-22-34)25-26-58-47-37(19-20-40(52)46(47)45-30(2)55-56(5)31(45)3)36(48(58)51(64)65)16-11-27-66-41-17-9-13-33-12-7-8-14-35(33)41/h7-10,12-15,17-20,32,34H,6,11,16,21-29H2,1-5H3,(H,53,61)(H,64,65)(H,54,60,62). The molecule has 1 fully saturated rings. The molecule has 1 saturated heterocycles. The number of carbonyl (C=O) groups is 5. The first-order valence-corrected chi connectivity index (χ1v) is 23.2. The van der Waals surface area contributed by atoms with E-state index in [9.17, 15) is 29.1 Å². The molecule has 0 radical (unpaired) electrons. The quantitative estimate of drug-likeness (QED) is 0.0791. The molecule has 15 nitrogen and oxygen atoms in total. The van der Waals surface area contributed by atoms with Crippen molar-refractivity contribution in [3.8, 4) is 22.6 Å². The van der Waals surface area contributed by atoms with E-state index in [1.165, 1.54) is 4.90 Å². The molecule has 6 aromatic rings. The van der Waals surface area contributed by atoms with Crippen LogP contribution in [0.4, 0.5) is 0 Å². The Hall–Kier alpha value is -6.71. The number of carbonyl (C=O) groups excluding carboxylic acids is 4. The minimum absolute atomic E-state index is 0.0947. The molecule has 0 spiro atoms. The molecule has 3 N–H and O–H groups in total. The van der Waals surface area contributed by atoms with Gasteiger partial charge < -0.3 is 34.3 Å². The molecule has 2 aromatic heterocycles. The lowest BCUT2D eigenvalue weighted by atomic mass is 9.98. The van der Waals surface area contributed by atoms with E-state index in [1.54, 1.807) is 32.0 Å². The molecule has 4 heterocycles. The monoisotopic (exact) mass is 929 g/mol. The minimum Gasteiger partial charge on any atom is -0.493 e. The maximum absolute atomic E-state index is 13.4. The number of hydrogen-bond acceptors (Lipinski definition) is 9. The summed E-state index contributed by atoms with van der Waals surface area (Å²) < 4.78 is 16.0. The molecule has 1 atom stereocenters. The van der Waals surface area contributed by atoms with Gasteiger partial charge in [-0.2, -0.15) is 5.10 Å². The molecule has 0 aliphatic carbocycles. The van der Waals surface area contributed by atoms with Crippen molar-refractivity contribution in [3.05, 3.63) is 112 Å². The number of nitrogens with zero attached hydrogens (tertiary/aromatic N) is 5. The zero-order valence-corrected chi connectivity index (χ0v) is 39.2. The molecule has 4 amide bonds. The number of aromatic nitrogens is 3. The lowest BCUT2D eigenvalue weighted by Crippen LogP contribution is -2.47. The number of benzene rings is 4. The van der Waals surface area contributed by atoms with Gasteiger partial charge >= 0.3 is 5.97 Å². The molecule has 1 unspecified atom stereocenters. The summed E-state index contributed by atoms with van der Waals surface area (Å²) in [4.78, 5) is 67.9. The number of carboxylic acid groups (broad SMARTS) is 1. The van der Waals surface area contributed by atoms with Crippen LogP contribution in [0.2, 0.25) is 5.02 Å². The fraction of sp³-hybridized carbons (Fsp3) is 0.373. The maximum atomic E-state index is 13.4. The number of hydrogen-bond donors (Lipinski definition) is 3. The van der Waals surface area contributed by atoms with Gasteiger partial charge in [0.1, 0.15) is 23.2 Å². The van der Waals surface area contributed by atoms with Gasteiger partial charge in [-0.1, -0.05) is 67.1 Å². The molecule has 2 aliphatic rings. The first-order chi connectivity index (χ1) is 32.2. The van der Waals surface area contributed by atoms with Crippen LogP contribution in [-0.4, -0.2) is 104 Å². The Balaban J connectivity index is 0.933. The second-order valence-electron chi connectivity index (χ2n) is 17.3. The zero-order valence-electron chi connectivity index (χ0n) is 38.5. The number of halogens is 1. The third-order valence-corrected chi connectivity index (χ3v) is 13.5. The van der Waals surface area contributed by atoms with Crippen molar-refractivity contribution in [1.29, 1.82) is 0 Å². The first kappa shape index (κ1) is 46.8. The van der Waals surface area contributed by atoms with Crippen molar-refractivity contribution in [1.82, 2.24) is 34.8 Å². The summed E-state index contributed by atoms with van der Waals surface area (Å²) in [6.07, 6.45) is 2.57. The Labute approximate surface area is 393 Å². The highest BCUT2D eigenvalue weighted by atomic mass is 35.5. The molecule has 16 heteroatoms. The van der Waals surface area contributed by atoms with Gasteiger partial charge in [0.2, 0.25) is 11.8 Å². The van der Waals surface area contributed by atoms with E-state index in [1.807, 2.05) is 84.7 Å². The minimum atomic E-state index is -1.02. The normalized spacial score (nSPS) is 14.7. The number of likely N-dealkylation sites (tertiary alicyclic amines) is 1. The number of aromatic carboxylic acids is 1. The molecule has 2 aliphatic heterocycles. The molecule has 0 bridgehead atoms. The van der Waals surface area contributed by atoms with Gasteiger partial charge in [0.25, 0.3) is 11.8 Å². The SMILES string of the molecule is CCC(=O)NC(=O)C(C)N1Cc2c(OCC(=O)NC3CCN(CCn4c(C(=O)O)c(CCCOc5cccc6ccccc56)c5ccc(Cl)c(-c6c(C)nn(C)c6C)c54)CC3)cccc2C1=O. The van der Waals surface area contributed by atoms with E-state index in [0.717, 1.165) is 55.5 Å². The molecular weight excluding hydrogens is 874 g/mol. The summed E-state index contributed by atoms with van der Waals surface area (Å²) in [5.74, 6) is -1.48. The summed E-state index contributed by atoms with van der Waals surface area (Å²) in [6.45, 7) is 9.70. The Bertz CT molecular complexity index is 2890. The predicted molar refractivity (Wildman–Crippen MR) is 256 cm³/mol. The highest BCUT2D eigenvalue weighted by Gasteiger charge is 2.36. The fourth-order valence-electron chi connectivity index (χ4n) is 9.54. The Morgan fingerprint density at radius 2 is 1.63 bits per heavy atom. The van der Waals surface area contributed by atoms with E-state index in [4.69, 9.17) is 21.1 Å². The Morgan fingerprint density at radius 1 is 0.896 bits per heavy atom. The van der Waals surface area contributed by atoms with Crippen molar-refractivity contribution in [3.63, 3.8) is 0 Å². The van der Waals surface area contributed by atoms with Crippen LogP contribution in [0.1, 0.15) is 82.9 Å². The average molecular weight is 931 g/mol. The van der Waals surface area contributed by atoms with Crippen molar-refractivity contribution < 1.29 is 38.6 Å². The van der Waals surface area contributed by atoms with E-state index in [2.05, 4.69) is 20.6 Å². The van der Waals surface area contributed by atoms with Gasteiger partial charge in [-0.15, -0.1) is 0 Å². The van der Waals surface area contributed by atoms with E-state index in [0.29, 0.717) is 80.4 Å². The van der Waals surface area contributed by atoms with Gasteiger partial charge in [0, 0.05) is 84.4 Å². The summed E-state index contributed by atoms with van der Waals surface area (Å²) in [5.41, 5.74) is 6.05. The topological polar surface area (TPSA) is 177 Å². The van der Waals surface area contributed by atoms with E-state index in [-0.39, 0.29) is 43.1 Å². The summed E-state index contributed by atoms with van der Waals surface area (Å²) in [7, 11) is 1.89. The van der Waals surface area contributed by atoms with Gasteiger partial charge in [-0.3, -0.25) is 29.2 Å². The molecule has 67 heavy (non-hydrogen) atoms.